The van der Waals surface area contributed by atoms with E-state index < -0.39 is 0 Å². The van der Waals surface area contributed by atoms with Gasteiger partial charge < -0.3 is 9.80 Å². The van der Waals surface area contributed by atoms with Gasteiger partial charge in [-0.1, -0.05) is 26.0 Å². The first-order valence-corrected chi connectivity index (χ1v) is 6.72. The molecule has 0 heterocycles. The van der Waals surface area contributed by atoms with Crippen LogP contribution in [0.4, 0.5) is 5.69 Å². The van der Waals surface area contributed by atoms with Gasteiger partial charge >= 0.3 is 0 Å². The van der Waals surface area contributed by atoms with E-state index in [1.54, 1.807) is 30.1 Å². The van der Waals surface area contributed by atoms with Gasteiger partial charge in [0.25, 0.3) is 5.91 Å². The predicted molar refractivity (Wildman–Crippen MR) is 79.5 cm³/mol. The molecule has 0 aliphatic heterocycles. The van der Waals surface area contributed by atoms with Crippen molar-refractivity contribution in [2.75, 3.05) is 25.0 Å². The van der Waals surface area contributed by atoms with Gasteiger partial charge in [0.15, 0.2) is 0 Å². The molecule has 0 aliphatic carbocycles. The second-order valence-corrected chi connectivity index (χ2v) is 3.73. The van der Waals surface area contributed by atoms with Gasteiger partial charge in [-0.25, -0.2) is 0 Å². The lowest BCUT2D eigenvalue weighted by Crippen LogP contribution is -2.29. The number of para-hydroxylation sites is 1. The Bertz CT molecular complexity index is 405. The minimum Gasteiger partial charge on any atom is -0.342 e. The molecule has 4 heteroatoms. The van der Waals surface area contributed by atoms with Crippen molar-refractivity contribution < 1.29 is 9.59 Å². The molecule has 0 aromatic heterocycles. The molecule has 0 unspecified atom stereocenters. The molecule has 2 amide bonds. The van der Waals surface area contributed by atoms with Gasteiger partial charge in [0.05, 0.1) is 11.3 Å². The number of hydrogen-bond acceptors (Lipinski definition) is 2. The number of hydrogen-bond donors (Lipinski definition) is 0. The molecule has 106 valence electrons. The SMILES string of the molecule is CC.CCN(C)C(=O)c1ccccc1N(C=O)CC. The molecular weight excluding hydrogens is 240 g/mol. The fraction of sp³-hybridized carbons (Fsp3) is 0.467. The van der Waals surface area contributed by atoms with E-state index in [9.17, 15) is 9.59 Å². The van der Waals surface area contributed by atoms with E-state index in [2.05, 4.69) is 0 Å². The molecule has 0 bridgehead atoms. The second-order valence-electron chi connectivity index (χ2n) is 3.73. The van der Waals surface area contributed by atoms with Crippen LogP contribution >= 0.6 is 0 Å². The van der Waals surface area contributed by atoms with Crippen LogP contribution in [0.25, 0.3) is 0 Å². The van der Waals surface area contributed by atoms with E-state index in [1.165, 1.54) is 4.90 Å². The summed E-state index contributed by atoms with van der Waals surface area (Å²) >= 11 is 0. The Balaban J connectivity index is 0.00000154. The average Bonchev–Trinajstić information content (AvgIpc) is 2.49. The lowest BCUT2D eigenvalue weighted by Gasteiger charge is -2.21. The summed E-state index contributed by atoms with van der Waals surface area (Å²) in [6.45, 7) is 8.97. The Labute approximate surface area is 116 Å². The van der Waals surface area contributed by atoms with Crippen molar-refractivity contribution in [2.45, 2.75) is 27.7 Å². The molecule has 1 aromatic rings. The fourth-order valence-electron chi connectivity index (χ4n) is 1.56. The molecule has 0 fully saturated rings. The summed E-state index contributed by atoms with van der Waals surface area (Å²) in [5, 5.41) is 0. The van der Waals surface area contributed by atoms with Crippen molar-refractivity contribution in [2.24, 2.45) is 0 Å². The van der Waals surface area contributed by atoms with Crippen LogP contribution in [0.1, 0.15) is 38.1 Å². The maximum absolute atomic E-state index is 12.1. The van der Waals surface area contributed by atoms with Gasteiger partial charge in [0.2, 0.25) is 6.41 Å². The summed E-state index contributed by atoms with van der Waals surface area (Å²) in [6.07, 6.45) is 0.748. The number of rotatable bonds is 5. The van der Waals surface area contributed by atoms with Crippen LogP contribution in [-0.4, -0.2) is 37.4 Å². The third-order valence-electron chi connectivity index (χ3n) is 2.73. The highest BCUT2D eigenvalue weighted by Gasteiger charge is 2.17. The van der Waals surface area contributed by atoms with Gasteiger partial charge in [0, 0.05) is 20.1 Å². The van der Waals surface area contributed by atoms with Gasteiger partial charge in [-0.3, -0.25) is 9.59 Å². The molecule has 19 heavy (non-hydrogen) atoms. The first kappa shape index (κ1) is 17.2. The van der Waals surface area contributed by atoms with Crippen molar-refractivity contribution in [3.05, 3.63) is 29.8 Å². The summed E-state index contributed by atoms with van der Waals surface area (Å²) in [6, 6.07) is 7.16. The molecule has 0 saturated carbocycles. The third-order valence-corrected chi connectivity index (χ3v) is 2.73. The van der Waals surface area contributed by atoms with E-state index in [1.807, 2.05) is 33.8 Å². The van der Waals surface area contributed by atoms with Gasteiger partial charge in [-0.2, -0.15) is 0 Å². The summed E-state index contributed by atoms with van der Waals surface area (Å²) < 4.78 is 0. The fourth-order valence-corrected chi connectivity index (χ4v) is 1.56. The Morgan fingerprint density at radius 3 is 2.21 bits per heavy atom. The molecule has 4 nitrogen and oxygen atoms in total. The van der Waals surface area contributed by atoms with Crippen molar-refractivity contribution in [3.8, 4) is 0 Å². The number of carbonyl (C=O) groups is 2. The Kier molecular flexibility index (Phi) is 8.25. The molecule has 0 N–H and O–H groups in total. The monoisotopic (exact) mass is 264 g/mol. The van der Waals surface area contributed by atoms with Crippen molar-refractivity contribution in [1.82, 2.24) is 4.90 Å². The topological polar surface area (TPSA) is 40.6 Å². The minimum atomic E-state index is -0.0663. The van der Waals surface area contributed by atoms with E-state index in [-0.39, 0.29) is 5.91 Å². The number of benzene rings is 1. The molecule has 1 aromatic carbocycles. The number of anilines is 1. The predicted octanol–water partition coefficient (Wildman–Crippen LogP) is 2.79. The van der Waals surface area contributed by atoms with E-state index in [0.717, 1.165) is 6.41 Å². The van der Waals surface area contributed by atoms with Gasteiger partial charge in [0.1, 0.15) is 0 Å². The Morgan fingerprint density at radius 1 is 1.16 bits per heavy atom. The van der Waals surface area contributed by atoms with Crippen LogP contribution in [0.15, 0.2) is 24.3 Å². The zero-order valence-electron chi connectivity index (χ0n) is 12.5. The zero-order chi connectivity index (χ0) is 14.8. The van der Waals surface area contributed by atoms with Crippen LogP contribution in [0.5, 0.6) is 0 Å². The van der Waals surface area contributed by atoms with Crippen molar-refractivity contribution >= 4 is 18.0 Å². The summed E-state index contributed by atoms with van der Waals surface area (Å²) in [5.41, 5.74) is 1.22. The quantitative estimate of drug-likeness (QED) is 0.767. The molecule has 1 rings (SSSR count). The van der Waals surface area contributed by atoms with Crippen LogP contribution in [-0.2, 0) is 4.79 Å². The maximum Gasteiger partial charge on any atom is 0.255 e. The first-order valence-electron chi connectivity index (χ1n) is 6.72. The minimum absolute atomic E-state index is 0.0663. The highest BCUT2D eigenvalue weighted by Crippen LogP contribution is 2.20. The van der Waals surface area contributed by atoms with Gasteiger partial charge in [-0.05, 0) is 26.0 Å². The van der Waals surface area contributed by atoms with E-state index in [0.29, 0.717) is 24.3 Å². The molecule has 0 saturated heterocycles. The summed E-state index contributed by atoms with van der Waals surface area (Å²) in [7, 11) is 1.75. The van der Waals surface area contributed by atoms with Crippen LogP contribution in [0.2, 0.25) is 0 Å². The standard InChI is InChI=1S/C13H18N2O2.C2H6/c1-4-14(3)13(17)11-8-6-7-9-12(11)15(5-2)10-16;1-2/h6-10H,4-5H2,1-3H3;1-2H3. The summed E-state index contributed by atoms with van der Waals surface area (Å²) in [5.74, 6) is -0.0663. The number of amides is 2. The molecule has 0 atom stereocenters. The zero-order valence-corrected chi connectivity index (χ0v) is 12.5. The Morgan fingerprint density at radius 2 is 1.74 bits per heavy atom. The highest BCUT2D eigenvalue weighted by atomic mass is 16.2. The Hall–Kier alpha value is -1.84. The molecule has 0 radical (unpaired) electrons. The largest absolute Gasteiger partial charge is 0.342 e. The second kappa shape index (κ2) is 9.14. The van der Waals surface area contributed by atoms with Crippen LogP contribution in [0, 0.1) is 0 Å². The summed E-state index contributed by atoms with van der Waals surface area (Å²) in [4.78, 5) is 26.2. The van der Waals surface area contributed by atoms with Crippen LogP contribution < -0.4 is 4.90 Å². The van der Waals surface area contributed by atoms with Crippen molar-refractivity contribution in [3.63, 3.8) is 0 Å². The highest BCUT2D eigenvalue weighted by molar-refractivity contribution is 6.01. The molecular formula is C15H24N2O2. The number of carbonyl (C=O) groups excluding carboxylic acids is 2. The maximum atomic E-state index is 12.1. The average molecular weight is 264 g/mol. The van der Waals surface area contributed by atoms with Gasteiger partial charge in [-0.15, -0.1) is 0 Å². The molecule has 0 aliphatic rings. The van der Waals surface area contributed by atoms with Crippen LogP contribution in [0.3, 0.4) is 0 Å². The van der Waals surface area contributed by atoms with E-state index >= 15 is 0 Å². The normalized spacial score (nSPS) is 9.11. The first-order chi connectivity index (χ1) is 9.15. The third kappa shape index (κ3) is 4.39. The molecule has 0 spiro atoms. The van der Waals surface area contributed by atoms with Crippen molar-refractivity contribution in [1.29, 1.82) is 0 Å². The van der Waals surface area contributed by atoms with E-state index in [4.69, 9.17) is 0 Å². The smallest absolute Gasteiger partial charge is 0.255 e. The lowest BCUT2D eigenvalue weighted by molar-refractivity contribution is -0.107. The number of nitrogens with zero attached hydrogens (tertiary/aromatic N) is 2. The lowest BCUT2D eigenvalue weighted by atomic mass is 10.1.